The summed E-state index contributed by atoms with van der Waals surface area (Å²) in [6.07, 6.45) is 0. The number of hydrogen-bond donors (Lipinski definition) is 1. The Balaban J connectivity index is 2.83. The Kier molecular flexibility index (Phi) is 3.39. The van der Waals surface area contributed by atoms with Crippen molar-refractivity contribution in [2.75, 3.05) is 0 Å². The van der Waals surface area contributed by atoms with Crippen molar-refractivity contribution in [2.24, 2.45) is 0 Å². The van der Waals surface area contributed by atoms with Crippen LogP contribution >= 0.6 is 9.03 Å². The van der Waals surface area contributed by atoms with Crippen molar-refractivity contribution < 1.29 is 9.42 Å². The topological polar surface area (TPSA) is 29.5 Å². The molecule has 0 aromatic rings. The fourth-order valence-corrected chi connectivity index (χ4v) is 0.216. The minimum atomic E-state index is -0.524. The molecule has 0 bridgehead atoms. The second kappa shape index (κ2) is 3.32. The third-order valence-electron chi connectivity index (χ3n) is 0.207. The van der Waals surface area contributed by atoms with Gasteiger partial charge in [0.1, 0.15) is 0 Å². The second-order valence-corrected chi connectivity index (χ2v) is 1.19. The van der Waals surface area contributed by atoms with Crippen LogP contribution in [0.25, 0.3) is 0 Å². The molecule has 0 spiro atoms. The third-order valence-corrected chi connectivity index (χ3v) is 0.620. The molecular weight excluding hydrogens is 97.8 g/mol. The Morgan fingerprint density at radius 1 is 2.00 bits per heavy atom. The van der Waals surface area contributed by atoms with Gasteiger partial charge in [0.2, 0.25) is 0 Å². The predicted molar refractivity (Wildman–Crippen MR) is 28.1 cm³/mol. The van der Waals surface area contributed by atoms with Gasteiger partial charge in [-0.1, -0.05) is 0 Å². The molecule has 0 fully saturated rings. The van der Waals surface area contributed by atoms with Crippen molar-refractivity contribution in [3.05, 3.63) is 0 Å². The summed E-state index contributed by atoms with van der Waals surface area (Å²) in [4.78, 5) is 7.94. The second-order valence-electron chi connectivity index (χ2n) is 0.804. The zero-order valence-corrected chi connectivity index (χ0v) is 4.43. The maximum atomic E-state index is 7.94. The van der Waals surface area contributed by atoms with Crippen LogP contribution in [0.15, 0.2) is 0 Å². The van der Waals surface area contributed by atoms with Crippen molar-refractivity contribution in [2.45, 2.75) is 6.92 Å². The molecule has 1 radical (unpaired) electrons. The van der Waals surface area contributed by atoms with Gasteiger partial charge in [0.25, 0.3) is 0 Å². The average Bonchev–Trinajstić information content (AvgIpc) is 1.35. The standard InChI is InChI=1S/C2H5BO2P/c1-2(3)5-6-4/h4,6H,1H3. The van der Waals surface area contributed by atoms with E-state index in [-0.39, 0.29) is 0 Å². The molecule has 4 heteroatoms. The Morgan fingerprint density at radius 3 is 2.50 bits per heavy atom. The molecule has 0 saturated heterocycles. The van der Waals surface area contributed by atoms with E-state index >= 15 is 0 Å². The number of hydrogen-bond acceptors (Lipinski definition) is 2. The van der Waals surface area contributed by atoms with E-state index in [2.05, 4.69) is 4.52 Å². The average molecular weight is 103 g/mol. The molecule has 0 aliphatic carbocycles. The van der Waals surface area contributed by atoms with Crippen LogP contribution in [0.1, 0.15) is 6.92 Å². The van der Waals surface area contributed by atoms with Crippen LogP contribution in [0, 0.1) is 0 Å². The summed E-state index contributed by atoms with van der Waals surface area (Å²) in [5.74, 6) is 0. The van der Waals surface area contributed by atoms with Crippen molar-refractivity contribution >= 4 is 22.2 Å². The summed E-state index contributed by atoms with van der Waals surface area (Å²) < 4.78 is 4.32. The molecule has 0 aromatic heterocycles. The van der Waals surface area contributed by atoms with Crippen molar-refractivity contribution in [3.8, 4) is 0 Å². The van der Waals surface area contributed by atoms with Gasteiger partial charge in [-0.15, -0.1) is 0 Å². The van der Waals surface area contributed by atoms with Gasteiger partial charge >= 0.3 is 38.5 Å². The van der Waals surface area contributed by atoms with Gasteiger partial charge in [-0.2, -0.15) is 0 Å². The SMILES string of the molecule is [B]=C(C)OPO. The van der Waals surface area contributed by atoms with Crippen LogP contribution in [0.4, 0.5) is 0 Å². The Hall–Kier alpha value is 0.125. The van der Waals surface area contributed by atoms with Gasteiger partial charge in [0.05, 0.1) is 0 Å². The van der Waals surface area contributed by atoms with Crippen LogP contribution in [-0.4, -0.2) is 18.0 Å². The van der Waals surface area contributed by atoms with E-state index in [0.29, 0.717) is 5.65 Å². The molecule has 33 valence electrons. The summed E-state index contributed by atoms with van der Waals surface area (Å²) in [6, 6.07) is 0. The van der Waals surface area contributed by atoms with Gasteiger partial charge < -0.3 is 0 Å². The Morgan fingerprint density at radius 2 is 2.50 bits per heavy atom. The summed E-state index contributed by atoms with van der Waals surface area (Å²) in [6.45, 7) is 1.57. The van der Waals surface area contributed by atoms with Gasteiger partial charge in [0, 0.05) is 0 Å². The molecule has 0 amide bonds. The van der Waals surface area contributed by atoms with Crippen molar-refractivity contribution in [1.82, 2.24) is 0 Å². The van der Waals surface area contributed by atoms with E-state index in [1.807, 2.05) is 0 Å². The van der Waals surface area contributed by atoms with Crippen LogP contribution in [0.2, 0.25) is 0 Å². The van der Waals surface area contributed by atoms with E-state index in [0.717, 1.165) is 0 Å². The molecule has 2 nitrogen and oxygen atoms in total. The normalized spacial score (nSPS) is 9.50. The monoisotopic (exact) mass is 103 g/mol. The molecule has 1 N–H and O–H groups in total. The van der Waals surface area contributed by atoms with Crippen LogP contribution in [0.3, 0.4) is 0 Å². The van der Waals surface area contributed by atoms with Crippen LogP contribution < -0.4 is 0 Å². The molecule has 6 heavy (non-hydrogen) atoms. The Bertz CT molecular complexity index is 55.5. The first kappa shape index (κ1) is 6.12. The Labute approximate surface area is 39.5 Å². The molecule has 0 saturated carbocycles. The van der Waals surface area contributed by atoms with E-state index in [1.165, 1.54) is 0 Å². The zero-order chi connectivity index (χ0) is 4.99. The van der Waals surface area contributed by atoms with Crippen LogP contribution in [0.5, 0.6) is 0 Å². The van der Waals surface area contributed by atoms with Gasteiger partial charge in [-0.3, -0.25) is 0 Å². The summed E-state index contributed by atoms with van der Waals surface area (Å²) in [7, 11) is 4.42. The van der Waals surface area contributed by atoms with Gasteiger partial charge in [0.15, 0.2) is 0 Å². The summed E-state index contributed by atoms with van der Waals surface area (Å²) in [5, 5.41) is 0. The van der Waals surface area contributed by atoms with E-state index < -0.39 is 9.03 Å². The molecule has 0 aliphatic heterocycles. The molecule has 1 atom stereocenters. The fourth-order valence-electron chi connectivity index (χ4n) is 0.0720. The minimum absolute atomic E-state index is 0.302. The molecular formula is C2H5BO2P. The molecule has 0 heterocycles. The van der Waals surface area contributed by atoms with E-state index in [4.69, 9.17) is 12.4 Å². The first-order valence-electron chi connectivity index (χ1n) is 1.42. The predicted octanol–water partition coefficient (Wildman–Crippen LogP) is -0.178. The first-order chi connectivity index (χ1) is 2.77. The van der Waals surface area contributed by atoms with E-state index in [1.54, 1.807) is 6.92 Å². The van der Waals surface area contributed by atoms with E-state index in [9.17, 15) is 0 Å². The zero-order valence-electron chi connectivity index (χ0n) is 3.43. The van der Waals surface area contributed by atoms with Gasteiger partial charge in [-0.05, 0) is 0 Å². The van der Waals surface area contributed by atoms with Crippen molar-refractivity contribution in [1.29, 1.82) is 0 Å². The summed E-state index contributed by atoms with van der Waals surface area (Å²) >= 11 is 0. The fraction of sp³-hybridized carbons (Fsp3) is 0.500. The first-order valence-corrected chi connectivity index (χ1v) is 2.28. The number of rotatable bonds is 2. The maximum absolute atomic E-state index is 7.94. The van der Waals surface area contributed by atoms with Gasteiger partial charge in [-0.25, -0.2) is 0 Å². The van der Waals surface area contributed by atoms with Crippen molar-refractivity contribution in [3.63, 3.8) is 0 Å². The summed E-state index contributed by atoms with van der Waals surface area (Å²) in [5.41, 5.74) is 0.302. The third kappa shape index (κ3) is 4.12. The van der Waals surface area contributed by atoms with Crippen LogP contribution in [-0.2, 0) is 4.52 Å². The quantitative estimate of drug-likeness (QED) is 0.388. The molecule has 0 aliphatic rings. The molecule has 0 aromatic carbocycles. The molecule has 0 rings (SSSR count). The molecule has 1 unspecified atom stereocenters.